The van der Waals surface area contributed by atoms with E-state index in [4.69, 9.17) is 23.7 Å². The van der Waals surface area contributed by atoms with E-state index in [2.05, 4.69) is 5.32 Å². The summed E-state index contributed by atoms with van der Waals surface area (Å²) in [5.74, 6) is 1.30. The molecule has 0 unspecified atom stereocenters. The van der Waals surface area contributed by atoms with Gasteiger partial charge in [0.25, 0.3) is 5.91 Å². The number of ether oxygens (including phenoxy) is 5. The molecule has 1 heterocycles. The van der Waals surface area contributed by atoms with Gasteiger partial charge in [-0.15, -0.1) is 0 Å². The molecule has 0 spiro atoms. The molecule has 3 rings (SSSR count). The molecule has 0 aromatic heterocycles. The molecule has 1 aliphatic rings. The van der Waals surface area contributed by atoms with Gasteiger partial charge in [0.2, 0.25) is 6.79 Å². The molecule has 0 saturated carbocycles. The molecular formula is C22H23NO7. The zero-order chi connectivity index (χ0) is 21.3. The quantitative estimate of drug-likeness (QED) is 0.497. The third kappa shape index (κ3) is 5.66. The Balaban J connectivity index is 1.50. The average Bonchev–Trinajstić information content (AvgIpc) is 3.20. The van der Waals surface area contributed by atoms with Gasteiger partial charge in [0.05, 0.1) is 13.2 Å². The monoisotopic (exact) mass is 413 g/mol. The number of hydrogen-bond donors (Lipinski definition) is 1. The van der Waals surface area contributed by atoms with E-state index in [0.717, 1.165) is 5.56 Å². The van der Waals surface area contributed by atoms with Crippen molar-refractivity contribution in [1.29, 1.82) is 0 Å². The maximum Gasteiger partial charge on any atom is 0.331 e. The summed E-state index contributed by atoms with van der Waals surface area (Å²) < 4.78 is 26.5. The molecule has 0 aliphatic carbocycles. The van der Waals surface area contributed by atoms with Crippen LogP contribution in [0.5, 0.6) is 23.0 Å². The van der Waals surface area contributed by atoms with Crippen molar-refractivity contribution in [2.24, 2.45) is 0 Å². The highest BCUT2D eigenvalue weighted by atomic mass is 16.7. The molecule has 2 aromatic rings. The highest BCUT2D eigenvalue weighted by molar-refractivity contribution is 5.94. The zero-order valence-electron chi connectivity index (χ0n) is 16.8. The number of carbonyl (C=O) groups excluding carboxylic acids is 2. The van der Waals surface area contributed by atoms with E-state index in [1.807, 2.05) is 13.8 Å². The first kappa shape index (κ1) is 21.0. The smallest absolute Gasteiger partial charge is 0.331 e. The van der Waals surface area contributed by atoms with Gasteiger partial charge < -0.3 is 29.0 Å². The lowest BCUT2D eigenvalue weighted by atomic mass is 10.2. The highest BCUT2D eigenvalue weighted by Crippen LogP contribution is 2.34. The van der Waals surface area contributed by atoms with Crippen LogP contribution in [0.25, 0.3) is 6.08 Å². The fourth-order valence-corrected chi connectivity index (χ4v) is 2.69. The van der Waals surface area contributed by atoms with Crippen LogP contribution in [-0.2, 0) is 14.3 Å². The summed E-state index contributed by atoms with van der Waals surface area (Å²) in [4.78, 5) is 23.9. The van der Waals surface area contributed by atoms with Gasteiger partial charge in [0, 0.05) is 17.8 Å². The second-order valence-corrected chi connectivity index (χ2v) is 6.13. The molecule has 0 bridgehead atoms. The second kappa shape index (κ2) is 10.2. The Kier molecular flexibility index (Phi) is 7.15. The van der Waals surface area contributed by atoms with Gasteiger partial charge in [0.1, 0.15) is 0 Å². The molecular weight excluding hydrogens is 390 g/mol. The molecule has 0 radical (unpaired) electrons. The molecule has 8 nitrogen and oxygen atoms in total. The largest absolute Gasteiger partial charge is 0.490 e. The van der Waals surface area contributed by atoms with Gasteiger partial charge in [-0.05, 0) is 49.8 Å². The summed E-state index contributed by atoms with van der Waals surface area (Å²) >= 11 is 0. The van der Waals surface area contributed by atoms with Gasteiger partial charge in [-0.25, -0.2) is 4.79 Å². The molecule has 0 fully saturated rings. The SMILES string of the molecule is CCOc1ccc(/C=C/C(=O)OCC(=O)Nc2ccc3c(c2)OCO3)cc1OCC. The third-order valence-electron chi connectivity index (χ3n) is 3.98. The molecule has 158 valence electrons. The van der Waals surface area contributed by atoms with Gasteiger partial charge in [-0.2, -0.15) is 0 Å². The molecule has 1 amide bonds. The van der Waals surface area contributed by atoms with Gasteiger partial charge >= 0.3 is 5.97 Å². The molecule has 2 aromatic carbocycles. The number of carbonyl (C=O) groups is 2. The second-order valence-electron chi connectivity index (χ2n) is 6.13. The van der Waals surface area contributed by atoms with E-state index < -0.39 is 18.5 Å². The Morgan fingerprint density at radius 2 is 1.77 bits per heavy atom. The van der Waals surface area contributed by atoms with Crippen LogP contribution in [0.2, 0.25) is 0 Å². The van der Waals surface area contributed by atoms with Crippen molar-refractivity contribution in [1.82, 2.24) is 0 Å². The topological polar surface area (TPSA) is 92.3 Å². The number of rotatable bonds is 9. The van der Waals surface area contributed by atoms with E-state index in [9.17, 15) is 9.59 Å². The van der Waals surface area contributed by atoms with Crippen LogP contribution in [0.15, 0.2) is 42.5 Å². The van der Waals surface area contributed by atoms with Crippen molar-refractivity contribution < 1.29 is 33.3 Å². The minimum absolute atomic E-state index is 0.150. The van der Waals surface area contributed by atoms with Crippen molar-refractivity contribution in [3.8, 4) is 23.0 Å². The van der Waals surface area contributed by atoms with E-state index in [1.165, 1.54) is 6.08 Å². The normalized spacial score (nSPS) is 11.9. The fourth-order valence-electron chi connectivity index (χ4n) is 2.69. The molecule has 1 aliphatic heterocycles. The van der Waals surface area contributed by atoms with Crippen molar-refractivity contribution in [3.63, 3.8) is 0 Å². The van der Waals surface area contributed by atoms with Crippen LogP contribution in [0.1, 0.15) is 19.4 Å². The summed E-state index contributed by atoms with van der Waals surface area (Å²) in [6.45, 7) is 4.53. The Morgan fingerprint density at radius 1 is 1.00 bits per heavy atom. The predicted octanol–water partition coefficient (Wildman–Crippen LogP) is 3.41. The summed E-state index contributed by atoms with van der Waals surface area (Å²) in [5.41, 5.74) is 1.26. The van der Waals surface area contributed by atoms with Crippen LogP contribution >= 0.6 is 0 Å². The van der Waals surface area contributed by atoms with E-state index in [-0.39, 0.29) is 6.79 Å². The standard InChI is InChI=1S/C22H23NO7/c1-3-26-17-8-5-15(11-19(17)27-4-2)6-10-22(25)28-13-21(24)23-16-7-9-18-20(12-16)30-14-29-18/h5-12H,3-4,13-14H2,1-2H3,(H,23,24)/b10-6+. The maximum absolute atomic E-state index is 12.0. The first-order valence-corrected chi connectivity index (χ1v) is 9.53. The molecule has 30 heavy (non-hydrogen) atoms. The minimum Gasteiger partial charge on any atom is -0.490 e. The Bertz CT molecular complexity index is 939. The number of esters is 1. The van der Waals surface area contributed by atoms with Crippen LogP contribution in [0.3, 0.4) is 0 Å². The Hall–Kier alpha value is -3.68. The third-order valence-corrected chi connectivity index (χ3v) is 3.98. The first-order valence-electron chi connectivity index (χ1n) is 9.53. The van der Waals surface area contributed by atoms with E-state index in [0.29, 0.717) is 41.9 Å². The number of nitrogens with one attached hydrogen (secondary N) is 1. The zero-order valence-corrected chi connectivity index (χ0v) is 16.8. The molecule has 1 N–H and O–H groups in total. The summed E-state index contributed by atoms with van der Waals surface area (Å²) in [7, 11) is 0. The number of fused-ring (bicyclic) bond motifs is 1. The van der Waals surface area contributed by atoms with E-state index >= 15 is 0 Å². The van der Waals surface area contributed by atoms with Crippen molar-refractivity contribution in [2.45, 2.75) is 13.8 Å². The number of anilines is 1. The van der Waals surface area contributed by atoms with Gasteiger partial charge in [-0.1, -0.05) is 6.07 Å². The lowest BCUT2D eigenvalue weighted by molar-refractivity contribution is -0.142. The maximum atomic E-state index is 12.0. The number of hydrogen-bond acceptors (Lipinski definition) is 7. The Morgan fingerprint density at radius 3 is 2.57 bits per heavy atom. The summed E-state index contributed by atoms with van der Waals surface area (Å²) in [5, 5.41) is 2.63. The van der Waals surface area contributed by atoms with Gasteiger partial charge in [-0.3, -0.25) is 4.79 Å². The highest BCUT2D eigenvalue weighted by Gasteiger charge is 2.14. The minimum atomic E-state index is -0.636. The lowest BCUT2D eigenvalue weighted by Crippen LogP contribution is -2.20. The molecule has 0 atom stereocenters. The van der Waals surface area contributed by atoms with E-state index in [1.54, 1.807) is 42.5 Å². The van der Waals surface area contributed by atoms with Crippen LogP contribution in [0, 0.1) is 0 Å². The molecule has 8 heteroatoms. The summed E-state index contributed by atoms with van der Waals surface area (Å²) in [6.07, 6.45) is 2.83. The van der Waals surface area contributed by atoms with Crippen molar-refractivity contribution >= 4 is 23.6 Å². The van der Waals surface area contributed by atoms with Crippen molar-refractivity contribution in [2.75, 3.05) is 31.9 Å². The van der Waals surface area contributed by atoms with Gasteiger partial charge in [0.15, 0.2) is 29.6 Å². The summed E-state index contributed by atoms with van der Waals surface area (Å²) in [6, 6.07) is 10.4. The van der Waals surface area contributed by atoms with Crippen LogP contribution in [-0.4, -0.2) is 38.5 Å². The average molecular weight is 413 g/mol. The predicted molar refractivity (Wildman–Crippen MR) is 110 cm³/mol. The van der Waals surface area contributed by atoms with Crippen molar-refractivity contribution in [3.05, 3.63) is 48.0 Å². The number of amides is 1. The van der Waals surface area contributed by atoms with Crippen LogP contribution < -0.4 is 24.3 Å². The fraction of sp³-hybridized carbons (Fsp3) is 0.273. The van der Waals surface area contributed by atoms with Crippen LogP contribution in [0.4, 0.5) is 5.69 Å². The number of benzene rings is 2. The first-order chi connectivity index (χ1) is 14.6. The molecule has 0 saturated heterocycles. The lowest BCUT2D eigenvalue weighted by Gasteiger charge is -2.11. The Labute approximate surface area is 174 Å².